The fourth-order valence-corrected chi connectivity index (χ4v) is 2.84. The monoisotopic (exact) mass is 453 g/mol. The van der Waals surface area contributed by atoms with Crippen LogP contribution in [0.1, 0.15) is 19.4 Å². The number of rotatable bonds is 6. The third-order valence-electron chi connectivity index (χ3n) is 3.65. The van der Waals surface area contributed by atoms with Gasteiger partial charge in [0.2, 0.25) is 5.88 Å². The maximum Gasteiger partial charge on any atom is 0.314 e. The molecule has 1 aromatic carbocycles. The summed E-state index contributed by atoms with van der Waals surface area (Å²) >= 11 is 2.21. The van der Waals surface area contributed by atoms with Crippen molar-refractivity contribution in [2.75, 3.05) is 13.7 Å². The number of nitrogen functional groups attached to an aromatic ring is 1. The van der Waals surface area contributed by atoms with Gasteiger partial charge in [0.15, 0.2) is 0 Å². The van der Waals surface area contributed by atoms with E-state index in [1.165, 1.54) is 7.11 Å². The van der Waals surface area contributed by atoms with Crippen LogP contribution < -0.4 is 10.5 Å². The van der Waals surface area contributed by atoms with Gasteiger partial charge in [-0.15, -0.1) is 0 Å². The number of aromatic nitrogens is 1. The molecule has 0 spiro atoms. The number of carbonyl (C=O) groups excluding carboxylic acids is 1. The predicted octanol–water partition coefficient (Wildman–Crippen LogP) is 3.22. The number of nitrogens with two attached hydrogens (primary N) is 1. The molecule has 0 saturated heterocycles. The Kier molecular flexibility index (Phi) is 5.99. The fraction of sp³-hybridized carbons (Fsp3) is 0.278. The second-order valence-corrected chi connectivity index (χ2v) is 7.32. The minimum atomic E-state index is -0.747. The second-order valence-electron chi connectivity index (χ2n) is 6.16. The second kappa shape index (κ2) is 7.81. The molecule has 0 bridgehead atoms. The van der Waals surface area contributed by atoms with Gasteiger partial charge >= 0.3 is 5.97 Å². The molecule has 3 N–H and O–H groups in total. The quantitative estimate of drug-likeness (QED) is 0.303. The number of carbonyl (C=O) groups is 1. The lowest BCUT2D eigenvalue weighted by atomic mass is 9.95. The van der Waals surface area contributed by atoms with Gasteiger partial charge in [0.05, 0.1) is 12.5 Å². The van der Waals surface area contributed by atoms with E-state index in [-0.39, 0.29) is 18.4 Å². The lowest BCUT2D eigenvalue weighted by Crippen LogP contribution is -2.32. The van der Waals surface area contributed by atoms with Crippen molar-refractivity contribution in [1.82, 2.24) is 4.98 Å². The number of hydrogen-bond acceptors (Lipinski definition) is 5. The van der Waals surface area contributed by atoms with Crippen LogP contribution in [0.2, 0.25) is 0 Å². The largest absolute Gasteiger partial charge is 0.476 e. The summed E-state index contributed by atoms with van der Waals surface area (Å²) in [6.45, 7) is 3.69. The maximum atomic E-state index is 11.7. The molecule has 2 rings (SSSR count). The van der Waals surface area contributed by atoms with E-state index in [1.54, 1.807) is 32.2 Å². The lowest BCUT2D eigenvalue weighted by Gasteiger charge is -2.21. The van der Waals surface area contributed by atoms with E-state index < -0.39 is 5.41 Å². The van der Waals surface area contributed by atoms with Crippen molar-refractivity contribution in [3.8, 4) is 17.0 Å². The first-order valence-corrected chi connectivity index (χ1v) is 8.64. The van der Waals surface area contributed by atoms with Crippen molar-refractivity contribution < 1.29 is 14.3 Å². The van der Waals surface area contributed by atoms with E-state index in [0.717, 1.165) is 14.7 Å². The van der Waals surface area contributed by atoms with Gasteiger partial charge in [0.25, 0.3) is 0 Å². The van der Waals surface area contributed by atoms with Gasteiger partial charge in [0, 0.05) is 27.0 Å². The summed E-state index contributed by atoms with van der Waals surface area (Å²) in [5.74, 6) is 0.159. The molecule has 25 heavy (non-hydrogen) atoms. The number of ether oxygens (including phenoxy) is 2. The topological polar surface area (TPSA) is 98.3 Å². The molecule has 0 aliphatic rings. The molecule has 0 aliphatic carbocycles. The number of amidine groups is 1. The zero-order valence-corrected chi connectivity index (χ0v) is 16.5. The van der Waals surface area contributed by atoms with Crippen LogP contribution in [0.5, 0.6) is 5.88 Å². The molecule has 7 heteroatoms. The summed E-state index contributed by atoms with van der Waals surface area (Å²) in [6, 6.07) is 9.23. The molecule has 132 valence electrons. The van der Waals surface area contributed by atoms with Crippen molar-refractivity contribution in [2.45, 2.75) is 13.8 Å². The van der Waals surface area contributed by atoms with Crippen molar-refractivity contribution in [3.63, 3.8) is 0 Å². The number of benzene rings is 1. The van der Waals surface area contributed by atoms with Crippen LogP contribution in [0.3, 0.4) is 0 Å². The number of nitrogens with zero attached hydrogens (tertiary/aromatic N) is 1. The van der Waals surface area contributed by atoms with Crippen LogP contribution >= 0.6 is 22.6 Å². The SMILES string of the molecule is COC(=O)C(C)(C)COc1cc(I)c(-c2ccc(C(=N)N)cc2)cn1. The first kappa shape index (κ1) is 19.2. The molecule has 0 saturated carbocycles. The molecule has 2 aromatic rings. The standard InChI is InChI=1S/C18H20IN3O3/c1-18(2,17(23)24-3)10-25-15-8-14(19)13(9-22-15)11-4-6-12(7-5-11)16(20)21/h4-9H,10H2,1-3H3,(H3,20,21). The van der Waals surface area contributed by atoms with Gasteiger partial charge < -0.3 is 15.2 Å². The highest BCUT2D eigenvalue weighted by atomic mass is 127. The molecule has 1 aromatic heterocycles. The molecule has 0 atom stereocenters. The number of methoxy groups -OCH3 is 1. The minimum absolute atomic E-state index is 0.0383. The van der Waals surface area contributed by atoms with E-state index in [4.69, 9.17) is 20.6 Å². The molecular weight excluding hydrogens is 433 g/mol. The van der Waals surface area contributed by atoms with Gasteiger partial charge in [-0.1, -0.05) is 24.3 Å². The van der Waals surface area contributed by atoms with E-state index in [2.05, 4.69) is 27.6 Å². The van der Waals surface area contributed by atoms with E-state index in [9.17, 15) is 4.79 Å². The van der Waals surface area contributed by atoms with Gasteiger partial charge in [0.1, 0.15) is 12.4 Å². The van der Waals surface area contributed by atoms with Crippen LogP contribution in [-0.4, -0.2) is 30.5 Å². The molecule has 6 nitrogen and oxygen atoms in total. The van der Waals surface area contributed by atoms with Crippen LogP contribution in [-0.2, 0) is 9.53 Å². The third kappa shape index (κ3) is 4.68. The van der Waals surface area contributed by atoms with Crippen LogP contribution in [0.15, 0.2) is 36.5 Å². The van der Waals surface area contributed by atoms with Gasteiger partial charge in [-0.05, 0) is 42.0 Å². The lowest BCUT2D eigenvalue weighted by molar-refractivity contribution is -0.152. The van der Waals surface area contributed by atoms with E-state index >= 15 is 0 Å². The Morgan fingerprint density at radius 1 is 1.32 bits per heavy atom. The van der Waals surface area contributed by atoms with Gasteiger partial charge in [-0.2, -0.15) is 0 Å². The molecule has 1 heterocycles. The molecule has 0 fully saturated rings. The smallest absolute Gasteiger partial charge is 0.314 e. The molecule has 0 aliphatic heterocycles. The Morgan fingerprint density at radius 3 is 2.48 bits per heavy atom. The number of esters is 1. The Labute approximate surface area is 160 Å². The minimum Gasteiger partial charge on any atom is -0.476 e. The average Bonchev–Trinajstić information content (AvgIpc) is 2.59. The Balaban J connectivity index is 2.15. The Morgan fingerprint density at radius 2 is 1.96 bits per heavy atom. The van der Waals surface area contributed by atoms with Crippen molar-refractivity contribution in [3.05, 3.63) is 45.7 Å². The van der Waals surface area contributed by atoms with Gasteiger partial charge in [-0.3, -0.25) is 10.2 Å². The predicted molar refractivity (Wildman–Crippen MR) is 105 cm³/mol. The summed E-state index contributed by atoms with van der Waals surface area (Å²) in [4.78, 5) is 16.0. The highest BCUT2D eigenvalue weighted by Gasteiger charge is 2.30. The first-order chi connectivity index (χ1) is 11.7. The normalized spacial score (nSPS) is 11.0. The highest BCUT2D eigenvalue weighted by Crippen LogP contribution is 2.28. The summed E-state index contributed by atoms with van der Waals surface area (Å²) in [5, 5.41) is 7.44. The fourth-order valence-electron chi connectivity index (χ4n) is 2.12. The zero-order chi connectivity index (χ0) is 18.6. The highest BCUT2D eigenvalue weighted by molar-refractivity contribution is 14.1. The van der Waals surface area contributed by atoms with Crippen LogP contribution in [0, 0.1) is 14.4 Å². The molecule has 0 radical (unpaired) electrons. The summed E-state index contributed by atoms with van der Waals surface area (Å²) in [6.07, 6.45) is 1.73. The van der Waals surface area contributed by atoms with Crippen molar-refractivity contribution in [1.29, 1.82) is 5.41 Å². The molecule has 0 unspecified atom stereocenters. The third-order valence-corrected chi connectivity index (χ3v) is 4.55. The summed E-state index contributed by atoms with van der Waals surface area (Å²) < 4.78 is 11.4. The Bertz CT molecular complexity index is 789. The maximum absolute atomic E-state index is 11.7. The van der Waals surface area contributed by atoms with Crippen LogP contribution in [0.4, 0.5) is 0 Å². The van der Waals surface area contributed by atoms with E-state index in [1.807, 2.05) is 18.2 Å². The molecular formula is C18H20IN3O3. The molecule has 0 amide bonds. The number of pyridine rings is 1. The number of halogens is 1. The Hall–Kier alpha value is -2.16. The number of nitrogens with one attached hydrogen (secondary N) is 1. The van der Waals surface area contributed by atoms with Gasteiger partial charge in [-0.25, -0.2) is 4.98 Å². The van der Waals surface area contributed by atoms with Crippen LogP contribution in [0.25, 0.3) is 11.1 Å². The average molecular weight is 453 g/mol. The van der Waals surface area contributed by atoms with Crippen molar-refractivity contribution >= 4 is 34.4 Å². The van der Waals surface area contributed by atoms with E-state index in [0.29, 0.717) is 11.4 Å². The summed E-state index contributed by atoms with van der Waals surface area (Å²) in [7, 11) is 1.36. The summed E-state index contributed by atoms with van der Waals surface area (Å²) in [5.41, 5.74) is 7.33. The first-order valence-electron chi connectivity index (χ1n) is 7.56. The van der Waals surface area contributed by atoms with Crippen molar-refractivity contribution in [2.24, 2.45) is 11.1 Å². The zero-order valence-electron chi connectivity index (χ0n) is 14.3. The number of hydrogen-bond donors (Lipinski definition) is 2.